The van der Waals surface area contributed by atoms with Crippen molar-refractivity contribution in [2.75, 3.05) is 33.4 Å². The molecule has 1 aromatic heterocycles. The fourth-order valence-electron chi connectivity index (χ4n) is 5.11. The molecule has 5 nitrogen and oxygen atoms in total. The molecular formula is C30H28ClF3N2O3. The zero-order chi connectivity index (χ0) is 27.6. The first-order valence-corrected chi connectivity index (χ1v) is 13.0. The van der Waals surface area contributed by atoms with Gasteiger partial charge in [0.15, 0.2) is 0 Å². The summed E-state index contributed by atoms with van der Waals surface area (Å²) in [5.74, 6) is 0.0150. The summed E-state index contributed by atoms with van der Waals surface area (Å²) in [6, 6.07) is 19.4. The van der Waals surface area contributed by atoms with Crippen molar-refractivity contribution < 1.29 is 27.4 Å². The summed E-state index contributed by atoms with van der Waals surface area (Å²) in [5.41, 5.74) is 2.23. The van der Waals surface area contributed by atoms with Gasteiger partial charge in [-0.1, -0.05) is 48.0 Å². The third-order valence-corrected chi connectivity index (χ3v) is 7.48. The summed E-state index contributed by atoms with van der Waals surface area (Å²) >= 11 is 5.95. The lowest BCUT2D eigenvalue weighted by Crippen LogP contribution is -2.41. The number of alkyl halides is 3. The van der Waals surface area contributed by atoms with Gasteiger partial charge in [0, 0.05) is 49.1 Å². The molecule has 39 heavy (non-hydrogen) atoms. The minimum absolute atomic E-state index is 0.0233. The first kappa shape index (κ1) is 27.1. The highest BCUT2D eigenvalue weighted by Crippen LogP contribution is 2.40. The Balaban J connectivity index is 1.59. The molecule has 4 aromatic rings. The zero-order valence-corrected chi connectivity index (χ0v) is 22.1. The van der Waals surface area contributed by atoms with Gasteiger partial charge in [-0.3, -0.25) is 4.79 Å². The highest BCUT2D eigenvalue weighted by atomic mass is 35.5. The summed E-state index contributed by atoms with van der Waals surface area (Å²) in [6.45, 7) is 2.34. The van der Waals surface area contributed by atoms with Crippen molar-refractivity contribution in [1.29, 1.82) is 0 Å². The number of hydrogen-bond donors (Lipinski definition) is 0. The second-order valence-corrected chi connectivity index (χ2v) is 9.97. The monoisotopic (exact) mass is 556 g/mol. The van der Waals surface area contributed by atoms with Crippen LogP contribution in [0.15, 0.2) is 72.9 Å². The number of morpholine rings is 1. The van der Waals surface area contributed by atoms with E-state index in [1.807, 2.05) is 54.7 Å². The van der Waals surface area contributed by atoms with Crippen LogP contribution in [0.3, 0.4) is 0 Å². The molecule has 0 unspecified atom stereocenters. The molecule has 1 atom stereocenters. The lowest BCUT2D eigenvalue weighted by molar-refractivity contribution is -0.137. The summed E-state index contributed by atoms with van der Waals surface area (Å²) in [4.78, 5) is 15.1. The Hall–Kier alpha value is -3.49. The van der Waals surface area contributed by atoms with Gasteiger partial charge in [-0.15, -0.1) is 0 Å². The van der Waals surface area contributed by atoms with Gasteiger partial charge in [0.05, 0.1) is 30.9 Å². The molecule has 1 amide bonds. The molecule has 0 N–H and O–H groups in total. The minimum atomic E-state index is -4.62. The number of methoxy groups -OCH3 is 1. The normalized spacial score (nSPS) is 14.9. The average molecular weight is 557 g/mol. The van der Waals surface area contributed by atoms with Crippen molar-refractivity contribution in [3.8, 4) is 5.75 Å². The van der Waals surface area contributed by atoms with Crippen LogP contribution in [0.5, 0.6) is 5.75 Å². The number of carbonyl (C=O) groups excluding carboxylic acids is 1. The van der Waals surface area contributed by atoms with Gasteiger partial charge in [0.25, 0.3) is 0 Å². The summed E-state index contributed by atoms with van der Waals surface area (Å²) in [5, 5.41) is 0.515. The Kier molecular flexibility index (Phi) is 7.86. The number of para-hydroxylation sites is 1. The molecule has 1 aliphatic heterocycles. The maximum Gasteiger partial charge on any atom is 0.417 e. The van der Waals surface area contributed by atoms with E-state index in [0.29, 0.717) is 38.4 Å². The van der Waals surface area contributed by atoms with E-state index < -0.39 is 17.7 Å². The molecule has 204 valence electrons. The minimum Gasteiger partial charge on any atom is -0.497 e. The fraction of sp³-hybridized carbons (Fsp3) is 0.300. The van der Waals surface area contributed by atoms with Crippen molar-refractivity contribution in [2.45, 2.75) is 25.1 Å². The number of ether oxygens (including phenoxy) is 2. The van der Waals surface area contributed by atoms with Crippen molar-refractivity contribution in [3.05, 3.63) is 100 Å². The molecule has 0 saturated carbocycles. The highest BCUT2D eigenvalue weighted by molar-refractivity contribution is 6.31. The van der Waals surface area contributed by atoms with Gasteiger partial charge in [-0.25, -0.2) is 0 Å². The van der Waals surface area contributed by atoms with E-state index in [1.54, 1.807) is 18.1 Å². The average Bonchev–Trinajstić information content (AvgIpc) is 3.30. The number of halogens is 4. The van der Waals surface area contributed by atoms with Crippen molar-refractivity contribution in [3.63, 3.8) is 0 Å². The van der Waals surface area contributed by atoms with Crippen LogP contribution >= 0.6 is 11.6 Å². The van der Waals surface area contributed by atoms with Crippen LogP contribution in [-0.2, 0) is 22.3 Å². The number of amides is 1. The van der Waals surface area contributed by atoms with Gasteiger partial charge in [0.2, 0.25) is 5.91 Å². The predicted molar refractivity (Wildman–Crippen MR) is 144 cm³/mol. The van der Waals surface area contributed by atoms with Crippen molar-refractivity contribution >= 4 is 28.4 Å². The molecule has 1 saturated heterocycles. The first-order valence-electron chi connectivity index (χ1n) is 12.7. The topological polar surface area (TPSA) is 43.7 Å². The van der Waals surface area contributed by atoms with Crippen LogP contribution in [0.1, 0.15) is 34.6 Å². The number of rotatable bonds is 7. The zero-order valence-electron chi connectivity index (χ0n) is 21.4. The smallest absolute Gasteiger partial charge is 0.417 e. The molecule has 2 heterocycles. The predicted octanol–water partition coefficient (Wildman–Crippen LogP) is 6.75. The summed E-state index contributed by atoms with van der Waals surface area (Å²) < 4.78 is 54.2. The largest absolute Gasteiger partial charge is 0.497 e. The van der Waals surface area contributed by atoms with Crippen molar-refractivity contribution in [1.82, 2.24) is 9.47 Å². The molecule has 5 rings (SSSR count). The second kappa shape index (κ2) is 11.3. The standard InChI is InChI=1S/C30H28ClF3N2O3/c1-38-22-9-6-20(7-10-22)18-36-19-25(23-4-2-3-5-28(23)36)24(17-29(37)35-12-14-39-15-13-35)21-8-11-27(31)26(16-21)30(32,33)34/h2-11,16,19,24H,12-15,17-18H2,1H3/t24-/m0/s1. The summed E-state index contributed by atoms with van der Waals surface area (Å²) in [7, 11) is 1.61. The van der Waals surface area contributed by atoms with Gasteiger partial charge in [-0.05, 0) is 47.0 Å². The Labute approximate surface area is 229 Å². The van der Waals surface area contributed by atoms with E-state index in [-0.39, 0.29) is 17.4 Å². The van der Waals surface area contributed by atoms with Crippen LogP contribution in [0.2, 0.25) is 5.02 Å². The molecule has 0 bridgehead atoms. The molecule has 3 aromatic carbocycles. The van der Waals surface area contributed by atoms with E-state index in [1.165, 1.54) is 6.07 Å². The second-order valence-electron chi connectivity index (χ2n) is 9.56. The van der Waals surface area contributed by atoms with Crippen LogP contribution in [0.25, 0.3) is 10.9 Å². The molecule has 9 heteroatoms. The van der Waals surface area contributed by atoms with E-state index >= 15 is 0 Å². The van der Waals surface area contributed by atoms with E-state index in [4.69, 9.17) is 21.1 Å². The Morgan fingerprint density at radius 2 is 1.77 bits per heavy atom. The number of nitrogens with zero attached hydrogens (tertiary/aromatic N) is 2. The lowest BCUT2D eigenvalue weighted by atomic mass is 9.87. The first-order chi connectivity index (χ1) is 18.7. The quantitative estimate of drug-likeness (QED) is 0.253. The molecule has 1 aliphatic rings. The number of hydrogen-bond acceptors (Lipinski definition) is 3. The van der Waals surface area contributed by atoms with Gasteiger partial charge >= 0.3 is 6.18 Å². The third kappa shape index (κ3) is 5.92. The number of fused-ring (bicyclic) bond motifs is 1. The van der Waals surface area contributed by atoms with E-state index in [0.717, 1.165) is 33.8 Å². The van der Waals surface area contributed by atoms with Gasteiger partial charge in [0.1, 0.15) is 5.75 Å². The van der Waals surface area contributed by atoms with Crippen molar-refractivity contribution in [2.24, 2.45) is 0 Å². The SMILES string of the molecule is COc1ccc(Cn2cc([C@@H](CC(=O)N3CCOCC3)c3ccc(Cl)c(C(F)(F)F)c3)c3ccccc32)cc1. The maximum atomic E-state index is 13.8. The molecule has 0 radical (unpaired) electrons. The van der Waals surface area contributed by atoms with Crippen LogP contribution in [0.4, 0.5) is 13.2 Å². The Bertz CT molecular complexity index is 1460. The van der Waals surface area contributed by atoms with Gasteiger partial charge < -0.3 is 18.9 Å². The third-order valence-electron chi connectivity index (χ3n) is 7.15. The summed E-state index contributed by atoms with van der Waals surface area (Å²) in [6.07, 6.45) is -2.64. The van der Waals surface area contributed by atoms with Crippen LogP contribution < -0.4 is 4.74 Å². The van der Waals surface area contributed by atoms with Crippen LogP contribution in [-0.4, -0.2) is 48.8 Å². The fourth-order valence-corrected chi connectivity index (χ4v) is 5.34. The van der Waals surface area contributed by atoms with Gasteiger partial charge in [-0.2, -0.15) is 13.2 Å². The molecule has 1 fully saturated rings. The highest BCUT2D eigenvalue weighted by Gasteiger charge is 2.35. The number of aromatic nitrogens is 1. The molecule has 0 spiro atoms. The van der Waals surface area contributed by atoms with E-state index in [2.05, 4.69) is 4.57 Å². The maximum absolute atomic E-state index is 13.8. The number of carbonyl (C=O) groups is 1. The Morgan fingerprint density at radius 3 is 2.46 bits per heavy atom. The van der Waals surface area contributed by atoms with Crippen LogP contribution in [0, 0.1) is 0 Å². The lowest BCUT2D eigenvalue weighted by Gasteiger charge is -2.29. The number of benzene rings is 3. The van der Waals surface area contributed by atoms with E-state index in [9.17, 15) is 18.0 Å². The molecular weight excluding hydrogens is 529 g/mol. The molecule has 0 aliphatic carbocycles. The Morgan fingerprint density at radius 1 is 1.05 bits per heavy atom.